The second kappa shape index (κ2) is 7.20. The van der Waals surface area contributed by atoms with Crippen molar-refractivity contribution in [2.45, 2.75) is 34.1 Å². The molecule has 0 radical (unpaired) electrons. The van der Waals surface area contributed by atoms with Crippen molar-refractivity contribution in [1.82, 2.24) is 15.0 Å². The van der Waals surface area contributed by atoms with E-state index in [2.05, 4.69) is 28.8 Å². The summed E-state index contributed by atoms with van der Waals surface area (Å²) in [5, 5.41) is 0.893. The SMILES string of the molecule is CC(C)COc1ncnc2[nH]cc(CC=CC(=O)C(C)C)c12. The summed E-state index contributed by atoms with van der Waals surface area (Å²) in [5.74, 6) is 1.18. The van der Waals surface area contributed by atoms with Crippen molar-refractivity contribution in [3.63, 3.8) is 0 Å². The van der Waals surface area contributed by atoms with Crippen molar-refractivity contribution < 1.29 is 9.53 Å². The van der Waals surface area contributed by atoms with Crippen molar-refractivity contribution in [3.8, 4) is 5.88 Å². The van der Waals surface area contributed by atoms with E-state index in [-0.39, 0.29) is 11.7 Å². The molecule has 2 heterocycles. The van der Waals surface area contributed by atoms with Gasteiger partial charge in [0.2, 0.25) is 5.88 Å². The highest BCUT2D eigenvalue weighted by molar-refractivity contribution is 5.91. The molecular weight excluding hydrogens is 278 g/mol. The van der Waals surface area contributed by atoms with Gasteiger partial charge in [-0.25, -0.2) is 9.97 Å². The molecule has 22 heavy (non-hydrogen) atoms. The minimum absolute atomic E-state index is 0.0208. The van der Waals surface area contributed by atoms with E-state index in [1.54, 1.807) is 6.08 Å². The minimum Gasteiger partial charge on any atom is -0.477 e. The van der Waals surface area contributed by atoms with Gasteiger partial charge in [0.15, 0.2) is 5.78 Å². The van der Waals surface area contributed by atoms with E-state index >= 15 is 0 Å². The fourth-order valence-corrected chi connectivity index (χ4v) is 2.01. The molecule has 0 atom stereocenters. The Morgan fingerprint density at radius 1 is 1.32 bits per heavy atom. The Hall–Kier alpha value is -2.17. The van der Waals surface area contributed by atoms with E-state index in [1.165, 1.54) is 6.33 Å². The number of aromatic amines is 1. The predicted octanol–water partition coefficient (Wildman–Crippen LogP) is 3.32. The van der Waals surface area contributed by atoms with E-state index in [0.29, 0.717) is 24.8 Å². The van der Waals surface area contributed by atoms with Gasteiger partial charge in [0, 0.05) is 12.1 Å². The average molecular weight is 301 g/mol. The van der Waals surface area contributed by atoms with Crippen LogP contribution in [0, 0.1) is 11.8 Å². The number of carbonyl (C=O) groups excluding carboxylic acids is 1. The summed E-state index contributed by atoms with van der Waals surface area (Å²) in [4.78, 5) is 23.2. The number of aromatic nitrogens is 3. The van der Waals surface area contributed by atoms with Crippen LogP contribution in [0.4, 0.5) is 0 Å². The second-order valence-electron chi connectivity index (χ2n) is 6.08. The average Bonchev–Trinajstić information content (AvgIpc) is 2.88. The molecule has 0 spiro atoms. The topological polar surface area (TPSA) is 67.9 Å². The molecule has 5 nitrogen and oxygen atoms in total. The van der Waals surface area contributed by atoms with Gasteiger partial charge < -0.3 is 9.72 Å². The molecule has 0 aliphatic carbocycles. The molecular formula is C17H23N3O2. The monoisotopic (exact) mass is 301 g/mol. The van der Waals surface area contributed by atoms with Gasteiger partial charge in [-0.15, -0.1) is 0 Å². The number of hydrogen-bond acceptors (Lipinski definition) is 4. The molecule has 0 aromatic carbocycles. The van der Waals surface area contributed by atoms with Gasteiger partial charge in [-0.05, 0) is 24.0 Å². The van der Waals surface area contributed by atoms with E-state index < -0.39 is 0 Å². The van der Waals surface area contributed by atoms with Gasteiger partial charge in [0.05, 0.1) is 12.0 Å². The molecule has 2 aromatic heterocycles. The number of allylic oxidation sites excluding steroid dienone is 2. The fraction of sp³-hybridized carbons (Fsp3) is 0.471. The molecule has 0 saturated heterocycles. The Morgan fingerprint density at radius 3 is 2.77 bits per heavy atom. The number of H-pyrrole nitrogens is 1. The minimum atomic E-state index is 0.0208. The Labute approximate surface area is 130 Å². The van der Waals surface area contributed by atoms with Gasteiger partial charge in [-0.2, -0.15) is 0 Å². The largest absolute Gasteiger partial charge is 0.477 e. The lowest BCUT2D eigenvalue weighted by molar-refractivity contribution is -0.117. The van der Waals surface area contributed by atoms with Crippen LogP contribution in [0.3, 0.4) is 0 Å². The molecule has 0 bridgehead atoms. The summed E-state index contributed by atoms with van der Waals surface area (Å²) in [7, 11) is 0. The lowest BCUT2D eigenvalue weighted by atomic mass is 10.1. The van der Waals surface area contributed by atoms with Crippen LogP contribution in [0.25, 0.3) is 11.0 Å². The quantitative estimate of drug-likeness (QED) is 0.797. The molecule has 2 aromatic rings. The number of rotatable bonds is 7. The van der Waals surface area contributed by atoms with Crippen molar-refractivity contribution in [2.24, 2.45) is 11.8 Å². The molecule has 2 rings (SSSR count). The maximum atomic E-state index is 11.6. The first-order valence-corrected chi connectivity index (χ1v) is 7.63. The van der Waals surface area contributed by atoms with Crippen LogP contribution >= 0.6 is 0 Å². The number of ketones is 1. The number of carbonyl (C=O) groups is 1. The second-order valence-corrected chi connectivity index (χ2v) is 6.08. The van der Waals surface area contributed by atoms with E-state index in [0.717, 1.165) is 16.6 Å². The summed E-state index contributed by atoms with van der Waals surface area (Å²) in [6.07, 6.45) is 7.55. The Kier molecular flexibility index (Phi) is 5.31. The Bertz CT molecular complexity index is 672. The van der Waals surface area contributed by atoms with Crippen LogP contribution in [0.2, 0.25) is 0 Å². The van der Waals surface area contributed by atoms with Crippen molar-refractivity contribution in [3.05, 3.63) is 30.2 Å². The molecule has 1 N–H and O–H groups in total. The van der Waals surface area contributed by atoms with E-state index in [9.17, 15) is 4.79 Å². The highest BCUT2D eigenvalue weighted by Gasteiger charge is 2.12. The predicted molar refractivity (Wildman–Crippen MR) is 86.9 cm³/mol. The van der Waals surface area contributed by atoms with Gasteiger partial charge in [-0.3, -0.25) is 4.79 Å². The third-order valence-electron chi connectivity index (χ3n) is 3.26. The lowest BCUT2D eigenvalue weighted by Crippen LogP contribution is -2.06. The zero-order valence-electron chi connectivity index (χ0n) is 13.6. The molecule has 0 unspecified atom stereocenters. The highest BCUT2D eigenvalue weighted by atomic mass is 16.5. The summed E-state index contributed by atoms with van der Waals surface area (Å²) < 4.78 is 5.78. The van der Waals surface area contributed by atoms with Crippen LogP contribution in [0.15, 0.2) is 24.7 Å². The third kappa shape index (κ3) is 3.93. The van der Waals surface area contributed by atoms with Gasteiger partial charge in [-0.1, -0.05) is 33.8 Å². The summed E-state index contributed by atoms with van der Waals surface area (Å²) in [5.41, 5.74) is 1.79. The number of nitrogens with zero attached hydrogens (tertiary/aromatic N) is 2. The van der Waals surface area contributed by atoms with Crippen LogP contribution < -0.4 is 4.74 Å². The van der Waals surface area contributed by atoms with E-state index in [4.69, 9.17) is 4.74 Å². The summed E-state index contributed by atoms with van der Waals surface area (Å²) in [6.45, 7) is 8.58. The molecule has 0 aliphatic rings. The van der Waals surface area contributed by atoms with Crippen LogP contribution in [0.1, 0.15) is 33.3 Å². The first kappa shape index (κ1) is 16.2. The Balaban J connectivity index is 2.21. The first-order chi connectivity index (χ1) is 10.5. The lowest BCUT2D eigenvalue weighted by Gasteiger charge is -2.09. The normalized spacial score (nSPS) is 11.9. The van der Waals surface area contributed by atoms with Gasteiger partial charge in [0.25, 0.3) is 0 Å². The number of fused-ring (bicyclic) bond motifs is 1. The standard InChI is InChI=1S/C17H23N3O2/c1-11(2)9-22-17-15-13(6-5-7-14(21)12(3)4)8-18-16(15)19-10-20-17/h5,7-8,10-12H,6,9H2,1-4H3,(H,18,19,20). The van der Waals surface area contributed by atoms with Crippen molar-refractivity contribution >= 4 is 16.8 Å². The smallest absolute Gasteiger partial charge is 0.226 e. The zero-order chi connectivity index (χ0) is 16.1. The van der Waals surface area contributed by atoms with Gasteiger partial charge in [0.1, 0.15) is 12.0 Å². The third-order valence-corrected chi connectivity index (χ3v) is 3.26. The highest BCUT2D eigenvalue weighted by Crippen LogP contribution is 2.26. The number of hydrogen-bond donors (Lipinski definition) is 1. The summed E-state index contributed by atoms with van der Waals surface area (Å²) >= 11 is 0. The molecule has 0 aliphatic heterocycles. The molecule has 118 valence electrons. The maximum Gasteiger partial charge on any atom is 0.226 e. The molecule has 0 saturated carbocycles. The number of ether oxygens (including phenoxy) is 1. The molecule has 0 amide bonds. The maximum absolute atomic E-state index is 11.6. The van der Waals surface area contributed by atoms with Crippen LogP contribution in [0.5, 0.6) is 5.88 Å². The van der Waals surface area contributed by atoms with Crippen molar-refractivity contribution in [1.29, 1.82) is 0 Å². The van der Waals surface area contributed by atoms with Crippen LogP contribution in [-0.4, -0.2) is 27.3 Å². The zero-order valence-corrected chi connectivity index (χ0v) is 13.6. The fourth-order valence-electron chi connectivity index (χ4n) is 2.01. The van der Waals surface area contributed by atoms with E-state index in [1.807, 2.05) is 26.1 Å². The summed E-state index contributed by atoms with van der Waals surface area (Å²) in [6, 6.07) is 0. The first-order valence-electron chi connectivity index (χ1n) is 7.63. The number of nitrogens with one attached hydrogen (secondary N) is 1. The van der Waals surface area contributed by atoms with Gasteiger partial charge >= 0.3 is 0 Å². The molecule has 5 heteroatoms. The Morgan fingerprint density at radius 2 is 2.09 bits per heavy atom. The molecule has 0 fully saturated rings. The van der Waals surface area contributed by atoms with Crippen LogP contribution in [-0.2, 0) is 11.2 Å². The van der Waals surface area contributed by atoms with Crippen molar-refractivity contribution in [2.75, 3.05) is 6.61 Å².